The molecule has 0 aromatic heterocycles. The molecule has 0 N–H and O–H groups in total. The molecule has 5 unspecified atom stereocenters. The summed E-state index contributed by atoms with van der Waals surface area (Å²) in [6.45, 7) is 7.01. The highest BCUT2D eigenvalue weighted by Crippen LogP contribution is 2.64. The molecule has 2 heterocycles. The molecule has 5 atom stereocenters. The zero-order valence-corrected chi connectivity index (χ0v) is 14.8. The summed E-state index contributed by atoms with van der Waals surface area (Å²) in [6.07, 6.45) is 8.83. The maximum absolute atomic E-state index is 12.5. The van der Waals surface area contributed by atoms with Crippen molar-refractivity contribution in [1.82, 2.24) is 0 Å². The van der Waals surface area contributed by atoms with E-state index in [1.807, 2.05) is 6.08 Å². The van der Waals surface area contributed by atoms with Crippen molar-refractivity contribution < 1.29 is 19.1 Å². The molecular weight excluding hydrogens is 304 g/mol. The van der Waals surface area contributed by atoms with Crippen LogP contribution in [-0.4, -0.2) is 24.6 Å². The minimum Gasteiger partial charge on any atom is -0.458 e. The molecule has 4 nitrogen and oxygen atoms in total. The molecule has 4 aliphatic rings. The van der Waals surface area contributed by atoms with Gasteiger partial charge >= 0.3 is 11.9 Å². The van der Waals surface area contributed by atoms with Crippen molar-refractivity contribution >= 4 is 11.9 Å². The molecule has 0 spiro atoms. The summed E-state index contributed by atoms with van der Waals surface area (Å²) < 4.78 is 10.8. The standard InChI is InChI=1S/C20H26O4/c1-12-11-15-16-19(2,8-4-9-20(16,3)18(22)24-15)14(12)6-5-13-7-10-23-17(13)21/h7,11,14-16H,4-6,8-10H2,1-3H3. The first kappa shape index (κ1) is 15.9. The van der Waals surface area contributed by atoms with Crippen molar-refractivity contribution in [1.29, 1.82) is 0 Å². The van der Waals surface area contributed by atoms with Gasteiger partial charge in [-0.25, -0.2) is 4.79 Å². The third kappa shape index (κ3) is 2.04. The van der Waals surface area contributed by atoms with E-state index in [0.29, 0.717) is 12.5 Å². The van der Waals surface area contributed by atoms with Crippen LogP contribution < -0.4 is 0 Å². The van der Waals surface area contributed by atoms with Crippen molar-refractivity contribution in [2.24, 2.45) is 22.7 Å². The molecular formula is C20H26O4. The van der Waals surface area contributed by atoms with Gasteiger partial charge in [0.2, 0.25) is 0 Å². The fourth-order valence-corrected chi connectivity index (χ4v) is 6.04. The van der Waals surface area contributed by atoms with E-state index in [4.69, 9.17) is 9.47 Å². The molecule has 4 heteroatoms. The minimum atomic E-state index is -0.349. The van der Waals surface area contributed by atoms with Crippen LogP contribution >= 0.6 is 0 Å². The number of esters is 2. The summed E-state index contributed by atoms with van der Waals surface area (Å²) in [5, 5.41) is 0. The molecule has 2 fully saturated rings. The van der Waals surface area contributed by atoms with E-state index in [9.17, 15) is 9.59 Å². The zero-order valence-electron chi connectivity index (χ0n) is 14.8. The van der Waals surface area contributed by atoms with E-state index in [-0.39, 0.29) is 34.8 Å². The average Bonchev–Trinajstić information content (AvgIpc) is 3.01. The van der Waals surface area contributed by atoms with E-state index in [1.54, 1.807) is 0 Å². The first-order valence-corrected chi connectivity index (χ1v) is 9.12. The number of rotatable bonds is 3. The highest BCUT2D eigenvalue weighted by molar-refractivity contribution is 5.90. The monoisotopic (exact) mass is 330 g/mol. The van der Waals surface area contributed by atoms with Crippen molar-refractivity contribution in [2.75, 3.05) is 6.61 Å². The summed E-state index contributed by atoms with van der Waals surface area (Å²) in [5.41, 5.74) is 1.83. The number of carbonyl (C=O) groups is 2. The third-order valence-electron chi connectivity index (χ3n) is 7.13. The van der Waals surface area contributed by atoms with Gasteiger partial charge in [0.1, 0.15) is 12.7 Å². The predicted molar refractivity (Wildman–Crippen MR) is 89.0 cm³/mol. The molecule has 0 radical (unpaired) electrons. The zero-order chi connectivity index (χ0) is 17.1. The van der Waals surface area contributed by atoms with Crippen molar-refractivity contribution in [3.05, 3.63) is 23.3 Å². The Balaban J connectivity index is 1.64. The molecule has 1 saturated carbocycles. The van der Waals surface area contributed by atoms with Crippen molar-refractivity contribution in [2.45, 2.75) is 59.0 Å². The van der Waals surface area contributed by atoms with E-state index >= 15 is 0 Å². The summed E-state index contributed by atoms with van der Waals surface area (Å²) in [5.74, 6) is 0.463. The summed E-state index contributed by atoms with van der Waals surface area (Å²) >= 11 is 0. The first-order chi connectivity index (χ1) is 11.4. The molecule has 0 bridgehead atoms. The molecule has 2 aliphatic carbocycles. The number of ether oxygens (including phenoxy) is 2. The number of hydrogen-bond donors (Lipinski definition) is 0. The molecule has 130 valence electrons. The molecule has 0 aromatic carbocycles. The summed E-state index contributed by atoms with van der Waals surface area (Å²) in [7, 11) is 0. The van der Waals surface area contributed by atoms with Crippen LogP contribution in [0.4, 0.5) is 0 Å². The fourth-order valence-electron chi connectivity index (χ4n) is 6.04. The fraction of sp³-hybridized carbons (Fsp3) is 0.700. The largest absolute Gasteiger partial charge is 0.458 e. The van der Waals surface area contributed by atoms with Crippen molar-refractivity contribution in [3.8, 4) is 0 Å². The summed E-state index contributed by atoms with van der Waals surface area (Å²) in [6, 6.07) is 0. The Kier molecular flexibility index (Phi) is 3.45. The normalized spacial score (nSPS) is 43.7. The van der Waals surface area contributed by atoms with Crippen LogP contribution in [0.25, 0.3) is 0 Å². The van der Waals surface area contributed by atoms with Crippen LogP contribution in [0, 0.1) is 22.7 Å². The lowest BCUT2D eigenvalue weighted by Gasteiger charge is -2.54. The number of allylic oxidation sites excluding steroid dienone is 1. The van der Waals surface area contributed by atoms with Crippen LogP contribution in [0.15, 0.2) is 23.3 Å². The van der Waals surface area contributed by atoms with E-state index < -0.39 is 0 Å². The Morgan fingerprint density at radius 2 is 2.04 bits per heavy atom. The molecule has 2 aliphatic heterocycles. The SMILES string of the molecule is CC1=CC2OC(=O)C3(C)CCCC(C)(C1CCC1=CCOC1=O)C23. The molecule has 0 amide bonds. The lowest BCUT2D eigenvalue weighted by molar-refractivity contribution is -0.148. The first-order valence-electron chi connectivity index (χ1n) is 9.12. The second-order valence-corrected chi connectivity index (χ2v) is 8.45. The quantitative estimate of drug-likeness (QED) is 0.586. The maximum Gasteiger partial charge on any atom is 0.334 e. The van der Waals surface area contributed by atoms with E-state index in [1.165, 1.54) is 5.57 Å². The Morgan fingerprint density at radius 1 is 1.25 bits per heavy atom. The van der Waals surface area contributed by atoms with Gasteiger partial charge in [0.15, 0.2) is 0 Å². The Bertz CT molecular complexity index is 661. The predicted octanol–water partition coefficient (Wildman–Crippen LogP) is 3.56. The number of cyclic esters (lactones) is 1. The highest BCUT2D eigenvalue weighted by atomic mass is 16.6. The minimum absolute atomic E-state index is 0.0183. The van der Waals surface area contributed by atoms with Gasteiger partial charge in [-0.05, 0) is 63.0 Å². The molecule has 0 aromatic rings. The van der Waals surface area contributed by atoms with Crippen LogP contribution in [0.1, 0.15) is 52.9 Å². The molecule has 4 rings (SSSR count). The smallest absolute Gasteiger partial charge is 0.334 e. The third-order valence-corrected chi connectivity index (χ3v) is 7.13. The molecule has 1 saturated heterocycles. The van der Waals surface area contributed by atoms with Gasteiger partial charge in [0, 0.05) is 11.5 Å². The van der Waals surface area contributed by atoms with Gasteiger partial charge in [-0.2, -0.15) is 0 Å². The lowest BCUT2D eigenvalue weighted by atomic mass is 9.48. The van der Waals surface area contributed by atoms with Gasteiger partial charge in [-0.1, -0.05) is 18.9 Å². The lowest BCUT2D eigenvalue weighted by Crippen LogP contribution is -2.52. The second-order valence-electron chi connectivity index (χ2n) is 8.45. The Hall–Kier alpha value is -1.58. The van der Waals surface area contributed by atoms with Gasteiger partial charge in [0.25, 0.3) is 0 Å². The Morgan fingerprint density at radius 3 is 2.75 bits per heavy atom. The topological polar surface area (TPSA) is 52.6 Å². The van der Waals surface area contributed by atoms with Gasteiger partial charge in [-0.3, -0.25) is 4.79 Å². The van der Waals surface area contributed by atoms with E-state index in [2.05, 4.69) is 26.8 Å². The van der Waals surface area contributed by atoms with Crippen molar-refractivity contribution in [3.63, 3.8) is 0 Å². The van der Waals surface area contributed by atoms with Gasteiger partial charge in [0.05, 0.1) is 5.41 Å². The van der Waals surface area contributed by atoms with Crippen LogP contribution in [0.3, 0.4) is 0 Å². The second kappa shape index (κ2) is 5.21. The maximum atomic E-state index is 12.5. The average molecular weight is 330 g/mol. The summed E-state index contributed by atoms with van der Waals surface area (Å²) in [4.78, 5) is 24.2. The Labute approximate surface area is 143 Å². The van der Waals surface area contributed by atoms with Gasteiger partial charge < -0.3 is 9.47 Å². The van der Waals surface area contributed by atoms with Gasteiger partial charge in [-0.15, -0.1) is 0 Å². The van der Waals surface area contributed by atoms with Crippen LogP contribution in [0.5, 0.6) is 0 Å². The van der Waals surface area contributed by atoms with E-state index in [0.717, 1.165) is 37.7 Å². The molecule has 24 heavy (non-hydrogen) atoms. The number of hydrogen-bond acceptors (Lipinski definition) is 4. The highest BCUT2D eigenvalue weighted by Gasteiger charge is 2.65. The van der Waals surface area contributed by atoms with Crippen LogP contribution in [-0.2, 0) is 19.1 Å². The number of carbonyl (C=O) groups excluding carboxylic acids is 2. The van der Waals surface area contributed by atoms with Crippen LogP contribution in [0.2, 0.25) is 0 Å².